The van der Waals surface area contributed by atoms with Gasteiger partial charge in [-0.15, -0.1) is 0 Å². The lowest BCUT2D eigenvalue weighted by molar-refractivity contribution is 0.577. The molecule has 1 heterocycles. The van der Waals surface area contributed by atoms with Gasteiger partial charge in [0.05, 0.1) is 0 Å². The topological polar surface area (TPSA) is 13.1 Å². The van der Waals surface area contributed by atoms with Crippen molar-refractivity contribution in [3.05, 3.63) is 54.3 Å². The van der Waals surface area contributed by atoms with Crippen LogP contribution >= 0.6 is 0 Å². The van der Waals surface area contributed by atoms with Gasteiger partial charge in [-0.2, -0.15) is 0 Å². The van der Waals surface area contributed by atoms with E-state index in [4.69, 9.17) is 4.42 Å². The molecule has 1 nitrogen and oxygen atoms in total. The lowest BCUT2D eigenvalue weighted by Gasteiger charge is -1.99. The molecule has 0 aliphatic carbocycles. The van der Waals surface area contributed by atoms with Crippen LogP contribution < -0.4 is 0 Å². The standard InChI is InChI=1S/C15H12O/c1-3-12-10(2)16-14-9-8-11-6-4-5-7-13(11)15(12)14/h3-9H,1H2,2H3. The number of hydrogen-bond acceptors (Lipinski definition) is 1. The summed E-state index contributed by atoms with van der Waals surface area (Å²) in [7, 11) is 0. The fraction of sp³-hybridized carbons (Fsp3) is 0.0667. The molecular weight excluding hydrogens is 196 g/mol. The Hall–Kier alpha value is -2.02. The molecular formula is C15H12O. The summed E-state index contributed by atoms with van der Waals surface area (Å²) in [5.41, 5.74) is 2.04. The molecule has 0 saturated heterocycles. The Morgan fingerprint density at radius 1 is 1.12 bits per heavy atom. The molecule has 0 amide bonds. The van der Waals surface area contributed by atoms with Gasteiger partial charge in [-0.05, 0) is 23.8 Å². The highest BCUT2D eigenvalue weighted by atomic mass is 16.3. The first-order chi connectivity index (χ1) is 7.81. The van der Waals surface area contributed by atoms with E-state index < -0.39 is 0 Å². The van der Waals surface area contributed by atoms with Crippen molar-refractivity contribution >= 4 is 27.8 Å². The minimum Gasteiger partial charge on any atom is -0.461 e. The number of fused-ring (bicyclic) bond motifs is 3. The molecule has 0 fully saturated rings. The third-order valence-electron chi connectivity index (χ3n) is 3.01. The number of furan rings is 1. The summed E-state index contributed by atoms with van der Waals surface area (Å²) in [5.74, 6) is 0.932. The van der Waals surface area contributed by atoms with Crippen molar-refractivity contribution in [3.8, 4) is 0 Å². The molecule has 0 saturated carbocycles. The Bertz CT molecular complexity index is 689. The van der Waals surface area contributed by atoms with Crippen LogP contribution in [0.5, 0.6) is 0 Å². The summed E-state index contributed by atoms with van der Waals surface area (Å²) >= 11 is 0. The zero-order chi connectivity index (χ0) is 11.1. The largest absolute Gasteiger partial charge is 0.461 e. The molecule has 0 aliphatic heterocycles. The van der Waals surface area contributed by atoms with E-state index in [0.717, 1.165) is 16.9 Å². The first-order valence-corrected chi connectivity index (χ1v) is 5.34. The van der Waals surface area contributed by atoms with Crippen LogP contribution in [0.2, 0.25) is 0 Å². The van der Waals surface area contributed by atoms with Crippen molar-refractivity contribution in [2.24, 2.45) is 0 Å². The van der Waals surface area contributed by atoms with E-state index in [1.807, 2.05) is 19.1 Å². The molecule has 0 N–H and O–H groups in total. The zero-order valence-corrected chi connectivity index (χ0v) is 9.16. The van der Waals surface area contributed by atoms with Crippen LogP contribution in [-0.4, -0.2) is 0 Å². The zero-order valence-electron chi connectivity index (χ0n) is 9.16. The fourth-order valence-electron chi connectivity index (χ4n) is 2.26. The summed E-state index contributed by atoms with van der Waals surface area (Å²) in [4.78, 5) is 0. The summed E-state index contributed by atoms with van der Waals surface area (Å²) in [6, 6.07) is 12.5. The van der Waals surface area contributed by atoms with Gasteiger partial charge in [0, 0.05) is 10.9 Å². The highest BCUT2D eigenvalue weighted by Gasteiger charge is 2.10. The second-order valence-corrected chi connectivity index (χ2v) is 3.94. The van der Waals surface area contributed by atoms with Gasteiger partial charge in [-0.1, -0.05) is 43.0 Å². The summed E-state index contributed by atoms with van der Waals surface area (Å²) < 4.78 is 5.73. The third kappa shape index (κ3) is 1.12. The predicted octanol–water partition coefficient (Wildman–Crippen LogP) is 4.54. The van der Waals surface area contributed by atoms with E-state index >= 15 is 0 Å². The molecule has 2 aromatic carbocycles. The summed E-state index contributed by atoms with van der Waals surface area (Å²) in [6.45, 7) is 5.84. The molecule has 0 atom stereocenters. The molecule has 16 heavy (non-hydrogen) atoms. The van der Waals surface area contributed by atoms with Crippen molar-refractivity contribution in [3.63, 3.8) is 0 Å². The minimum absolute atomic E-state index is 0.932. The maximum atomic E-state index is 5.73. The lowest BCUT2D eigenvalue weighted by atomic mass is 10.0. The molecule has 1 heteroatoms. The van der Waals surface area contributed by atoms with E-state index in [1.54, 1.807) is 0 Å². The Morgan fingerprint density at radius 3 is 2.75 bits per heavy atom. The Morgan fingerprint density at radius 2 is 1.94 bits per heavy atom. The molecule has 0 aliphatic rings. The quantitative estimate of drug-likeness (QED) is 0.572. The summed E-state index contributed by atoms with van der Waals surface area (Å²) in [5, 5.41) is 3.64. The van der Waals surface area contributed by atoms with Crippen molar-refractivity contribution in [1.82, 2.24) is 0 Å². The van der Waals surface area contributed by atoms with Crippen LogP contribution in [-0.2, 0) is 0 Å². The highest BCUT2D eigenvalue weighted by Crippen LogP contribution is 2.32. The molecule has 1 aromatic heterocycles. The second-order valence-electron chi connectivity index (χ2n) is 3.94. The second kappa shape index (κ2) is 3.24. The van der Waals surface area contributed by atoms with Gasteiger partial charge in [0.25, 0.3) is 0 Å². The van der Waals surface area contributed by atoms with Crippen molar-refractivity contribution < 1.29 is 4.42 Å². The van der Waals surface area contributed by atoms with Crippen LogP contribution in [0.1, 0.15) is 11.3 Å². The van der Waals surface area contributed by atoms with Gasteiger partial charge >= 0.3 is 0 Å². The summed E-state index contributed by atoms with van der Waals surface area (Å²) in [6.07, 6.45) is 1.87. The van der Waals surface area contributed by atoms with E-state index in [2.05, 4.69) is 36.9 Å². The number of benzene rings is 2. The van der Waals surface area contributed by atoms with E-state index in [1.165, 1.54) is 16.2 Å². The molecule has 78 valence electrons. The smallest absolute Gasteiger partial charge is 0.135 e. The molecule has 0 bridgehead atoms. The normalized spacial score (nSPS) is 11.1. The number of aryl methyl sites for hydroxylation is 1. The van der Waals surface area contributed by atoms with E-state index in [-0.39, 0.29) is 0 Å². The van der Waals surface area contributed by atoms with Crippen molar-refractivity contribution in [1.29, 1.82) is 0 Å². The Kier molecular flexibility index (Phi) is 1.87. The van der Waals surface area contributed by atoms with Crippen LogP contribution in [0.15, 0.2) is 47.4 Å². The Labute approximate surface area is 94.0 Å². The monoisotopic (exact) mass is 208 g/mol. The van der Waals surface area contributed by atoms with Gasteiger partial charge in [-0.25, -0.2) is 0 Å². The maximum absolute atomic E-state index is 5.73. The van der Waals surface area contributed by atoms with E-state index in [9.17, 15) is 0 Å². The highest BCUT2D eigenvalue weighted by molar-refractivity contribution is 6.09. The molecule has 0 spiro atoms. The number of hydrogen-bond donors (Lipinski definition) is 0. The molecule has 3 aromatic rings. The van der Waals surface area contributed by atoms with Gasteiger partial charge in [-0.3, -0.25) is 0 Å². The van der Waals surface area contributed by atoms with Gasteiger partial charge < -0.3 is 4.42 Å². The minimum atomic E-state index is 0.932. The molecule has 0 radical (unpaired) electrons. The molecule has 0 unspecified atom stereocenters. The van der Waals surface area contributed by atoms with Gasteiger partial charge in [0.1, 0.15) is 11.3 Å². The molecule has 3 rings (SSSR count). The fourth-order valence-corrected chi connectivity index (χ4v) is 2.26. The predicted molar refractivity (Wildman–Crippen MR) is 68.5 cm³/mol. The maximum Gasteiger partial charge on any atom is 0.135 e. The number of rotatable bonds is 1. The van der Waals surface area contributed by atoms with Gasteiger partial charge in [0.15, 0.2) is 0 Å². The lowest BCUT2D eigenvalue weighted by Crippen LogP contribution is -1.76. The Balaban J connectivity index is 2.62. The van der Waals surface area contributed by atoms with Crippen LogP contribution in [0.3, 0.4) is 0 Å². The van der Waals surface area contributed by atoms with Gasteiger partial charge in [0.2, 0.25) is 0 Å². The SMILES string of the molecule is C=Cc1c(C)oc2ccc3ccccc3c12. The average Bonchev–Trinajstić information content (AvgIpc) is 2.65. The van der Waals surface area contributed by atoms with Crippen molar-refractivity contribution in [2.45, 2.75) is 6.92 Å². The van der Waals surface area contributed by atoms with E-state index in [0.29, 0.717) is 0 Å². The van der Waals surface area contributed by atoms with Crippen molar-refractivity contribution in [2.75, 3.05) is 0 Å². The third-order valence-corrected chi connectivity index (χ3v) is 3.01. The van der Waals surface area contributed by atoms with Crippen LogP contribution in [0.25, 0.3) is 27.8 Å². The first kappa shape index (κ1) is 9.22. The van der Waals surface area contributed by atoms with Crippen LogP contribution in [0.4, 0.5) is 0 Å². The average molecular weight is 208 g/mol. The van der Waals surface area contributed by atoms with Crippen LogP contribution in [0, 0.1) is 6.92 Å². The first-order valence-electron chi connectivity index (χ1n) is 5.34.